The third-order valence-electron chi connectivity index (χ3n) is 5.97. The molecule has 0 spiro atoms. The molecular formula is C25H25N5O3. The average molecular weight is 444 g/mol. The predicted octanol–water partition coefficient (Wildman–Crippen LogP) is 2.19. The lowest BCUT2D eigenvalue weighted by Crippen LogP contribution is -2.29. The fraction of sp³-hybridized carbons (Fsp3) is 0.200. The van der Waals surface area contributed by atoms with E-state index in [0.717, 1.165) is 21.8 Å². The van der Waals surface area contributed by atoms with Crippen molar-refractivity contribution in [3.63, 3.8) is 0 Å². The number of aliphatic hydroxyl groups excluding tert-OH is 1. The van der Waals surface area contributed by atoms with E-state index in [9.17, 15) is 14.7 Å². The van der Waals surface area contributed by atoms with Gasteiger partial charge in [-0.15, -0.1) is 0 Å². The molecule has 1 aliphatic heterocycles. The van der Waals surface area contributed by atoms with E-state index < -0.39 is 17.9 Å². The molecule has 0 radical (unpaired) electrons. The number of aromatic amines is 1. The Balaban J connectivity index is 1.74. The maximum Gasteiger partial charge on any atom is 0.259 e. The van der Waals surface area contributed by atoms with Gasteiger partial charge in [-0.25, -0.2) is 0 Å². The number of para-hydroxylation sites is 2. The van der Waals surface area contributed by atoms with E-state index in [-0.39, 0.29) is 0 Å². The standard InChI is InChI=1S/C25H25N5O3/c1-29(2)11-14(31)12-30-13-18(16-7-5-8-19(26)23(16)30)22-21(24(32)28-25(22)33)17-10-27-20-9-4-3-6-15(17)20/h3-10,13-14,27,31H,11-12,26H2,1-2H3,(H,28,32,33). The van der Waals surface area contributed by atoms with Crippen molar-refractivity contribution >= 4 is 50.5 Å². The Kier molecular flexibility index (Phi) is 5.03. The zero-order chi connectivity index (χ0) is 23.3. The molecule has 33 heavy (non-hydrogen) atoms. The summed E-state index contributed by atoms with van der Waals surface area (Å²) in [5, 5.41) is 14.6. The van der Waals surface area contributed by atoms with Crippen LogP contribution in [0, 0.1) is 0 Å². The number of nitrogens with one attached hydrogen (secondary N) is 2. The first-order valence-electron chi connectivity index (χ1n) is 10.7. The van der Waals surface area contributed by atoms with Crippen LogP contribution >= 0.6 is 0 Å². The van der Waals surface area contributed by atoms with Gasteiger partial charge >= 0.3 is 0 Å². The molecule has 3 heterocycles. The van der Waals surface area contributed by atoms with Crippen molar-refractivity contribution < 1.29 is 14.7 Å². The van der Waals surface area contributed by atoms with Crippen LogP contribution in [-0.2, 0) is 16.1 Å². The molecule has 1 unspecified atom stereocenters. The molecule has 2 amide bonds. The third-order valence-corrected chi connectivity index (χ3v) is 5.97. The minimum atomic E-state index is -0.635. The lowest BCUT2D eigenvalue weighted by atomic mass is 9.95. The summed E-state index contributed by atoms with van der Waals surface area (Å²) in [5.74, 6) is -0.882. The van der Waals surface area contributed by atoms with Gasteiger partial charge in [0.05, 0.1) is 28.5 Å². The largest absolute Gasteiger partial charge is 0.397 e. The molecule has 1 atom stereocenters. The molecule has 0 fully saturated rings. The monoisotopic (exact) mass is 443 g/mol. The number of amides is 2. The number of rotatable bonds is 6. The number of nitrogens with zero attached hydrogens (tertiary/aromatic N) is 2. The summed E-state index contributed by atoms with van der Waals surface area (Å²) >= 11 is 0. The molecule has 0 bridgehead atoms. The molecule has 4 aromatic rings. The Hall–Kier alpha value is -3.88. The van der Waals surface area contributed by atoms with E-state index in [1.54, 1.807) is 12.3 Å². The summed E-state index contributed by atoms with van der Waals surface area (Å²) in [6.45, 7) is 0.776. The van der Waals surface area contributed by atoms with E-state index >= 15 is 0 Å². The van der Waals surface area contributed by atoms with Crippen molar-refractivity contribution in [2.75, 3.05) is 26.4 Å². The smallest absolute Gasteiger partial charge is 0.259 e. The molecule has 5 rings (SSSR count). The van der Waals surface area contributed by atoms with Crippen LogP contribution in [0.5, 0.6) is 0 Å². The van der Waals surface area contributed by atoms with Crippen LogP contribution in [0.2, 0.25) is 0 Å². The number of nitrogen functional groups attached to an aromatic ring is 1. The van der Waals surface area contributed by atoms with Gasteiger partial charge in [0.1, 0.15) is 0 Å². The van der Waals surface area contributed by atoms with E-state index in [0.29, 0.717) is 41.1 Å². The van der Waals surface area contributed by atoms with Gasteiger partial charge in [0, 0.05) is 52.9 Å². The Labute approximate surface area is 190 Å². The summed E-state index contributed by atoms with van der Waals surface area (Å²) in [5.41, 5.74) is 10.4. The molecule has 2 aromatic heterocycles. The summed E-state index contributed by atoms with van der Waals surface area (Å²) in [6.07, 6.45) is 2.93. The van der Waals surface area contributed by atoms with E-state index in [1.807, 2.05) is 66.2 Å². The fourth-order valence-electron chi connectivity index (χ4n) is 4.69. The zero-order valence-corrected chi connectivity index (χ0v) is 18.4. The number of nitrogens with two attached hydrogens (primary N) is 1. The lowest BCUT2D eigenvalue weighted by molar-refractivity contribution is -0.122. The average Bonchev–Trinajstić information content (AvgIpc) is 3.41. The molecule has 2 aromatic carbocycles. The Bertz CT molecular complexity index is 1440. The maximum absolute atomic E-state index is 13.0. The topological polar surface area (TPSA) is 116 Å². The van der Waals surface area contributed by atoms with Gasteiger partial charge in [-0.2, -0.15) is 0 Å². The number of benzene rings is 2. The third kappa shape index (κ3) is 3.49. The second-order valence-corrected chi connectivity index (χ2v) is 8.64. The molecule has 0 saturated carbocycles. The number of carbonyl (C=O) groups is 2. The second kappa shape index (κ2) is 7.91. The number of fused-ring (bicyclic) bond motifs is 2. The molecule has 8 heteroatoms. The molecule has 8 nitrogen and oxygen atoms in total. The molecule has 168 valence electrons. The highest BCUT2D eigenvalue weighted by Crippen LogP contribution is 2.39. The Morgan fingerprint density at radius 2 is 1.70 bits per heavy atom. The quantitative estimate of drug-likeness (QED) is 0.269. The Morgan fingerprint density at radius 3 is 2.45 bits per heavy atom. The minimum Gasteiger partial charge on any atom is -0.397 e. The number of aliphatic hydroxyl groups is 1. The highest BCUT2D eigenvalue weighted by Gasteiger charge is 2.35. The number of hydrogen-bond donors (Lipinski definition) is 4. The first kappa shape index (κ1) is 21.0. The highest BCUT2D eigenvalue weighted by molar-refractivity contribution is 6.50. The first-order valence-corrected chi connectivity index (χ1v) is 10.7. The van der Waals surface area contributed by atoms with E-state index in [2.05, 4.69) is 10.3 Å². The van der Waals surface area contributed by atoms with Gasteiger partial charge in [0.2, 0.25) is 0 Å². The maximum atomic E-state index is 13.0. The number of hydrogen-bond acceptors (Lipinski definition) is 5. The number of likely N-dealkylation sites (N-methyl/N-ethyl adjacent to an activating group) is 1. The van der Waals surface area contributed by atoms with Crippen molar-refractivity contribution in [3.8, 4) is 0 Å². The van der Waals surface area contributed by atoms with Crippen LogP contribution in [0.15, 0.2) is 54.9 Å². The zero-order valence-electron chi connectivity index (χ0n) is 18.4. The van der Waals surface area contributed by atoms with Crippen LogP contribution < -0.4 is 11.1 Å². The summed E-state index contributed by atoms with van der Waals surface area (Å²) < 4.78 is 1.87. The van der Waals surface area contributed by atoms with E-state index in [4.69, 9.17) is 5.73 Å². The van der Waals surface area contributed by atoms with Gasteiger partial charge < -0.3 is 25.3 Å². The van der Waals surface area contributed by atoms with Crippen molar-refractivity contribution in [1.82, 2.24) is 19.8 Å². The highest BCUT2D eigenvalue weighted by atomic mass is 16.3. The summed E-state index contributed by atoms with van der Waals surface area (Å²) in [7, 11) is 3.78. The molecule has 0 saturated heterocycles. The van der Waals surface area contributed by atoms with Crippen LogP contribution in [0.1, 0.15) is 11.1 Å². The van der Waals surface area contributed by atoms with E-state index in [1.165, 1.54) is 0 Å². The molecule has 0 aliphatic carbocycles. The molecule has 5 N–H and O–H groups in total. The number of aromatic nitrogens is 2. The van der Waals surface area contributed by atoms with Crippen LogP contribution in [0.3, 0.4) is 0 Å². The van der Waals surface area contributed by atoms with Crippen molar-refractivity contribution in [2.45, 2.75) is 12.6 Å². The van der Waals surface area contributed by atoms with Crippen molar-refractivity contribution in [1.29, 1.82) is 0 Å². The SMILES string of the molecule is CN(C)CC(O)Cn1cc(C2=C(c3c[nH]c4ccccc34)C(=O)NC2=O)c2cccc(N)c21. The van der Waals surface area contributed by atoms with Gasteiger partial charge in [-0.05, 0) is 26.2 Å². The number of carbonyl (C=O) groups excluding carboxylic acids is 2. The number of imide groups is 1. The summed E-state index contributed by atoms with van der Waals surface area (Å²) in [4.78, 5) is 31.1. The van der Waals surface area contributed by atoms with Crippen LogP contribution in [0.25, 0.3) is 33.0 Å². The first-order chi connectivity index (χ1) is 15.8. The lowest BCUT2D eigenvalue weighted by Gasteiger charge is -2.17. The minimum absolute atomic E-state index is 0.300. The van der Waals surface area contributed by atoms with Crippen molar-refractivity contribution in [3.05, 3.63) is 66.0 Å². The van der Waals surface area contributed by atoms with Crippen LogP contribution in [-0.4, -0.2) is 58.1 Å². The second-order valence-electron chi connectivity index (χ2n) is 8.64. The van der Waals surface area contributed by atoms with Crippen LogP contribution in [0.4, 0.5) is 5.69 Å². The number of anilines is 1. The fourth-order valence-corrected chi connectivity index (χ4v) is 4.69. The Morgan fingerprint density at radius 1 is 1.00 bits per heavy atom. The molecular weight excluding hydrogens is 418 g/mol. The van der Waals surface area contributed by atoms with Gasteiger partial charge in [-0.1, -0.05) is 30.3 Å². The summed E-state index contributed by atoms with van der Waals surface area (Å²) in [6, 6.07) is 13.1. The predicted molar refractivity (Wildman–Crippen MR) is 129 cm³/mol. The normalized spacial score (nSPS) is 15.3. The number of H-pyrrole nitrogens is 1. The van der Waals surface area contributed by atoms with Crippen molar-refractivity contribution in [2.24, 2.45) is 0 Å². The molecule has 1 aliphatic rings. The van der Waals surface area contributed by atoms with Gasteiger partial charge in [-0.3, -0.25) is 14.9 Å². The van der Waals surface area contributed by atoms with Gasteiger partial charge in [0.25, 0.3) is 11.8 Å². The van der Waals surface area contributed by atoms with Gasteiger partial charge in [0.15, 0.2) is 0 Å².